The first-order chi connectivity index (χ1) is 9.36. The fourth-order valence-electron chi connectivity index (χ4n) is 1.66. The van der Waals surface area contributed by atoms with Gasteiger partial charge in [0.2, 0.25) is 5.91 Å². The summed E-state index contributed by atoms with van der Waals surface area (Å²) in [7, 11) is 1.51. The molecule has 7 nitrogen and oxygen atoms in total. The first kappa shape index (κ1) is 15.6. The van der Waals surface area contributed by atoms with Crippen LogP contribution in [0.4, 0.5) is 5.69 Å². The van der Waals surface area contributed by atoms with E-state index in [1.54, 1.807) is 25.1 Å². The van der Waals surface area contributed by atoms with Crippen LogP contribution in [-0.2, 0) is 9.59 Å². The van der Waals surface area contributed by atoms with Gasteiger partial charge >= 0.3 is 5.97 Å². The molecule has 2 amide bonds. The summed E-state index contributed by atoms with van der Waals surface area (Å²) >= 11 is 0. The zero-order valence-electron chi connectivity index (χ0n) is 11.3. The van der Waals surface area contributed by atoms with Crippen LogP contribution in [0.3, 0.4) is 0 Å². The van der Waals surface area contributed by atoms with E-state index in [4.69, 9.17) is 10.8 Å². The van der Waals surface area contributed by atoms with Gasteiger partial charge < -0.3 is 21.5 Å². The predicted molar refractivity (Wildman–Crippen MR) is 73.4 cm³/mol. The molecule has 5 N–H and O–H groups in total. The lowest BCUT2D eigenvalue weighted by atomic mass is 10.1. The molecular weight excluding hydrogens is 262 g/mol. The second-order valence-electron chi connectivity index (χ2n) is 4.25. The first-order valence-electron chi connectivity index (χ1n) is 5.96. The highest BCUT2D eigenvalue weighted by atomic mass is 16.4. The molecule has 0 aliphatic heterocycles. The lowest BCUT2D eigenvalue weighted by Crippen LogP contribution is -2.37. The van der Waals surface area contributed by atoms with Crippen molar-refractivity contribution in [3.8, 4) is 0 Å². The van der Waals surface area contributed by atoms with Crippen LogP contribution in [0.25, 0.3) is 0 Å². The van der Waals surface area contributed by atoms with Crippen molar-refractivity contribution in [2.45, 2.75) is 19.4 Å². The Balaban J connectivity index is 2.90. The molecule has 0 aliphatic carbocycles. The molecule has 0 saturated carbocycles. The van der Waals surface area contributed by atoms with Crippen molar-refractivity contribution in [2.24, 2.45) is 5.73 Å². The van der Waals surface area contributed by atoms with Crippen molar-refractivity contribution in [3.05, 3.63) is 29.3 Å². The Morgan fingerprint density at radius 3 is 2.55 bits per heavy atom. The van der Waals surface area contributed by atoms with Crippen LogP contribution in [0.2, 0.25) is 0 Å². The molecule has 0 spiro atoms. The van der Waals surface area contributed by atoms with E-state index in [9.17, 15) is 14.4 Å². The molecule has 1 atom stereocenters. The third kappa shape index (κ3) is 3.79. The summed E-state index contributed by atoms with van der Waals surface area (Å²) in [4.78, 5) is 33.9. The van der Waals surface area contributed by atoms with Gasteiger partial charge in [-0.2, -0.15) is 0 Å². The van der Waals surface area contributed by atoms with Crippen LogP contribution < -0.4 is 16.4 Å². The Kier molecular flexibility index (Phi) is 5.22. The fourth-order valence-corrected chi connectivity index (χ4v) is 1.66. The Morgan fingerprint density at radius 1 is 1.35 bits per heavy atom. The molecule has 20 heavy (non-hydrogen) atoms. The zero-order chi connectivity index (χ0) is 15.3. The van der Waals surface area contributed by atoms with Crippen LogP contribution >= 0.6 is 0 Å². The van der Waals surface area contributed by atoms with Crippen LogP contribution in [0.1, 0.15) is 22.3 Å². The van der Waals surface area contributed by atoms with Crippen molar-refractivity contribution in [1.82, 2.24) is 5.32 Å². The van der Waals surface area contributed by atoms with Crippen molar-refractivity contribution < 1.29 is 19.5 Å². The molecule has 1 aromatic rings. The first-order valence-corrected chi connectivity index (χ1v) is 5.96. The highest BCUT2D eigenvalue weighted by Crippen LogP contribution is 2.19. The monoisotopic (exact) mass is 279 g/mol. The van der Waals surface area contributed by atoms with E-state index in [1.807, 2.05) is 0 Å². The second kappa shape index (κ2) is 6.67. The maximum atomic E-state index is 11.8. The van der Waals surface area contributed by atoms with Crippen LogP contribution in [0.15, 0.2) is 18.2 Å². The number of carbonyl (C=O) groups is 3. The molecule has 0 fully saturated rings. The minimum absolute atomic E-state index is 0.270. The normalized spacial score (nSPS) is 11.6. The SMILES string of the molecule is CNC(=O)c1cccc(NC(=O)C(N)CC(=O)O)c1C. The average molecular weight is 279 g/mol. The number of rotatable bonds is 5. The molecule has 0 radical (unpaired) electrons. The summed E-state index contributed by atoms with van der Waals surface area (Å²) in [6.45, 7) is 1.68. The minimum Gasteiger partial charge on any atom is -0.481 e. The van der Waals surface area contributed by atoms with E-state index >= 15 is 0 Å². The minimum atomic E-state index is -1.15. The van der Waals surface area contributed by atoms with E-state index in [-0.39, 0.29) is 5.91 Å². The van der Waals surface area contributed by atoms with E-state index in [0.29, 0.717) is 16.8 Å². The molecule has 1 rings (SSSR count). The number of carboxylic acids is 1. The van der Waals surface area contributed by atoms with Crippen LogP contribution in [0.5, 0.6) is 0 Å². The van der Waals surface area contributed by atoms with Gasteiger partial charge in [0.1, 0.15) is 0 Å². The van der Waals surface area contributed by atoms with Crippen LogP contribution in [-0.4, -0.2) is 36.0 Å². The summed E-state index contributed by atoms with van der Waals surface area (Å²) in [5, 5.41) is 13.6. The summed E-state index contributed by atoms with van der Waals surface area (Å²) < 4.78 is 0. The number of carboxylic acid groups (broad SMARTS) is 1. The zero-order valence-corrected chi connectivity index (χ0v) is 11.3. The number of anilines is 1. The predicted octanol–water partition coefficient (Wildman–Crippen LogP) is 0.0951. The van der Waals surface area contributed by atoms with E-state index in [2.05, 4.69) is 10.6 Å². The third-order valence-corrected chi connectivity index (χ3v) is 2.79. The number of aliphatic carboxylic acids is 1. The summed E-state index contributed by atoms with van der Waals surface area (Å²) in [5.41, 5.74) is 6.91. The van der Waals surface area contributed by atoms with Crippen molar-refractivity contribution in [3.63, 3.8) is 0 Å². The van der Waals surface area contributed by atoms with Gasteiger partial charge in [-0.3, -0.25) is 14.4 Å². The molecule has 1 aromatic carbocycles. The van der Waals surface area contributed by atoms with Crippen molar-refractivity contribution >= 4 is 23.5 Å². The molecule has 108 valence electrons. The van der Waals surface area contributed by atoms with Gasteiger partial charge in [0.25, 0.3) is 5.91 Å². The third-order valence-electron chi connectivity index (χ3n) is 2.79. The number of benzene rings is 1. The highest BCUT2D eigenvalue weighted by Gasteiger charge is 2.18. The second-order valence-corrected chi connectivity index (χ2v) is 4.25. The lowest BCUT2D eigenvalue weighted by molar-refractivity contribution is -0.138. The number of hydrogen-bond acceptors (Lipinski definition) is 4. The van der Waals surface area contributed by atoms with E-state index < -0.39 is 24.3 Å². The van der Waals surface area contributed by atoms with Crippen molar-refractivity contribution in [2.75, 3.05) is 12.4 Å². The number of nitrogens with one attached hydrogen (secondary N) is 2. The topological polar surface area (TPSA) is 122 Å². The Labute approximate surface area is 116 Å². The fraction of sp³-hybridized carbons (Fsp3) is 0.308. The van der Waals surface area contributed by atoms with E-state index in [0.717, 1.165) is 0 Å². The number of nitrogens with two attached hydrogens (primary N) is 1. The maximum absolute atomic E-state index is 11.8. The quantitative estimate of drug-likeness (QED) is 0.608. The number of amides is 2. The number of hydrogen-bond donors (Lipinski definition) is 4. The summed E-state index contributed by atoms with van der Waals surface area (Å²) in [6.07, 6.45) is -0.458. The summed E-state index contributed by atoms with van der Waals surface area (Å²) in [6, 6.07) is 3.72. The van der Waals surface area contributed by atoms with Crippen molar-refractivity contribution in [1.29, 1.82) is 0 Å². The molecule has 0 aliphatic rings. The van der Waals surface area contributed by atoms with Gasteiger partial charge in [-0.15, -0.1) is 0 Å². The Hall–Kier alpha value is -2.41. The molecule has 1 unspecified atom stereocenters. The van der Waals surface area contributed by atoms with Gasteiger partial charge in [0.15, 0.2) is 0 Å². The molecular formula is C13H17N3O4. The molecule has 7 heteroatoms. The van der Waals surface area contributed by atoms with Gasteiger partial charge in [-0.05, 0) is 24.6 Å². The molecule has 0 bridgehead atoms. The van der Waals surface area contributed by atoms with Gasteiger partial charge in [0, 0.05) is 18.3 Å². The maximum Gasteiger partial charge on any atom is 0.305 e. The summed E-state index contributed by atoms with van der Waals surface area (Å²) in [5.74, 6) is -2.03. The smallest absolute Gasteiger partial charge is 0.305 e. The Morgan fingerprint density at radius 2 is 2.00 bits per heavy atom. The van der Waals surface area contributed by atoms with E-state index in [1.165, 1.54) is 7.05 Å². The molecule has 0 aromatic heterocycles. The van der Waals surface area contributed by atoms with Gasteiger partial charge in [-0.25, -0.2) is 0 Å². The van der Waals surface area contributed by atoms with Gasteiger partial charge in [0.05, 0.1) is 12.5 Å². The molecule has 0 saturated heterocycles. The highest BCUT2D eigenvalue weighted by molar-refractivity contribution is 6.01. The Bertz CT molecular complexity index is 542. The standard InChI is InChI=1S/C13H17N3O4/c1-7-8(12(19)15-2)4-3-5-10(7)16-13(20)9(14)6-11(17)18/h3-5,9H,6,14H2,1-2H3,(H,15,19)(H,16,20)(H,17,18). The average Bonchev–Trinajstić information content (AvgIpc) is 2.39. The van der Waals surface area contributed by atoms with Gasteiger partial charge in [-0.1, -0.05) is 6.07 Å². The lowest BCUT2D eigenvalue weighted by Gasteiger charge is -2.14. The largest absolute Gasteiger partial charge is 0.481 e. The van der Waals surface area contributed by atoms with Crippen LogP contribution in [0, 0.1) is 6.92 Å². The molecule has 0 heterocycles. The number of carbonyl (C=O) groups excluding carboxylic acids is 2.